The van der Waals surface area contributed by atoms with E-state index in [1.807, 2.05) is 0 Å². The molecule has 0 spiro atoms. The smallest absolute Gasteiger partial charge is 0.326 e. The van der Waals surface area contributed by atoms with Gasteiger partial charge in [0.05, 0.1) is 7.11 Å². The largest absolute Gasteiger partial charge is 0.480 e. The molecule has 1 heterocycles. The van der Waals surface area contributed by atoms with Crippen LogP contribution in [0, 0.1) is 0 Å². The molecule has 0 aliphatic heterocycles. The van der Waals surface area contributed by atoms with E-state index in [0.29, 0.717) is 12.2 Å². The number of carbonyl (C=O) groups is 1. The van der Waals surface area contributed by atoms with E-state index in [0.717, 1.165) is 0 Å². The van der Waals surface area contributed by atoms with Crippen LogP contribution >= 0.6 is 0 Å². The fraction of sp³-hybridized carbons (Fsp3) is 0.444. The van der Waals surface area contributed by atoms with E-state index in [2.05, 4.69) is 15.3 Å². The van der Waals surface area contributed by atoms with Gasteiger partial charge in [0.2, 0.25) is 0 Å². The molecule has 0 aliphatic carbocycles. The maximum atomic E-state index is 10.8. The van der Waals surface area contributed by atoms with E-state index >= 15 is 0 Å². The summed E-state index contributed by atoms with van der Waals surface area (Å²) in [6.45, 7) is 1.78. The number of hydrogen-bond donors (Lipinski definition) is 2. The molecule has 1 rings (SSSR count). The van der Waals surface area contributed by atoms with Crippen LogP contribution in [0.3, 0.4) is 0 Å². The molecule has 1 unspecified atom stereocenters. The zero-order valence-electron chi connectivity index (χ0n) is 8.60. The third-order valence-corrected chi connectivity index (χ3v) is 1.84. The van der Waals surface area contributed by atoms with Crippen molar-refractivity contribution in [1.82, 2.24) is 9.97 Å². The Morgan fingerprint density at radius 1 is 1.73 bits per heavy atom. The Labute approximate surface area is 87.3 Å². The molecule has 6 nitrogen and oxygen atoms in total. The fourth-order valence-corrected chi connectivity index (χ4v) is 1.04. The molecule has 0 aromatic carbocycles. The van der Waals surface area contributed by atoms with Crippen molar-refractivity contribution in [3.05, 3.63) is 12.3 Å². The summed E-state index contributed by atoms with van der Waals surface area (Å²) in [5.41, 5.74) is 0. The van der Waals surface area contributed by atoms with Gasteiger partial charge in [-0.2, -0.15) is 4.98 Å². The lowest BCUT2D eigenvalue weighted by Crippen LogP contribution is -2.28. The third-order valence-electron chi connectivity index (χ3n) is 1.84. The minimum absolute atomic E-state index is 0.209. The highest BCUT2D eigenvalue weighted by Crippen LogP contribution is 2.09. The van der Waals surface area contributed by atoms with E-state index in [-0.39, 0.29) is 6.01 Å². The van der Waals surface area contributed by atoms with Crippen LogP contribution in [0.25, 0.3) is 0 Å². The Balaban J connectivity index is 2.74. The van der Waals surface area contributed by atoms with Gasteiger partial charge < -0.3 is 15.2 Å². The quantitative estimate of drug-likeness (QED) is 0.748. The molecule has 0 amide bonds. The summed E-state index contributed by atoms with van der Waals surface area (Å²) < 4.78 is 4.82. The molecular weight excluding hydrogens is 198 g/mol. The first kappa shape index (κ1) is 11.2. The molecule has 0 aliphatic rings. The predicted octanol–water partition coefficient (Wildman–Crippen LogP) is 0.760. The molecule has 0 saturated heterocycles. The van der Waals surface area contributed by atoms with Crippen LogP contribution in [0.15, 0.2) is 12.3 Å². The first-order valence-corrected chi connectivity index (χ1v) is 4.53. The number of hydrogen-bond acceptors (Lipinski definition) is 5. The lowest BCUT2D eigenvalue weighted by atomic mass is 10.2. The van der Waals surface area contributed by atoms with Crippen molar-refractivity contribution in [1.29, 1.82) is 0 Å². The van der Waals surface area contributed by atoms with E-state index in [9.17, 15) is 4.79 Å². The van der Waals surface area contributed by atoms with Crippen molar-refractivity contribution in [3.63, 3.8) is 0 Å². The number of methoxy groups -OCH3 is 1. The van der Waals surface area contributed by atoms with Crippen molar-refractivity contribution in [2.24, 2.45) is 0 Å². The number of ether oxygens (including phenoxy) is 1. The average molecular weight is 211 g/mol. The Morgan fingerprint density at radius 2 is 2.47 bits per heavy atom. The molecule has 0 saturated carbocycles. The highest BCUT2D eigenvalue weighted by atomic mass is 16.5. The average Bonchev–Trinajstić information content (AvgIpc) is 2.25. The van der Waals surface area contributed by atoms with E-state index in [1.54, 1.807) is 13.0 Å². The number of anilines is 1. The normalized spacial score (nSPS) is 11.9. The lowest BCUT2D eigenvalue weighted by molar-refractivity contribution is -0.137. The van der Waals surface area contributed by atoms with Crippen molar-refractivity contribution < 1.29 is 14.6 Å². The first-order valence-electron chi connectivity index (χ1n) is 4.53. The first-order chi connectivity index (χ1) is 7.17. The summed E-state index contributed by atoms with van der Waals surface area (Å²) >= 11 is 0. The van der Waals surface area contributed by atoms with Crippen LogP contribution < -0.4 is 10.1 Å². The topological polar surface area (TPSA) is 84.3 Å². The van der Waals surface area contributed by atoms with Crippen molar-refractivity contribution in [2.45, 2.75) is 19.4 Å². The van der Waals surface area contributed by atoms with E-state index in [1.165, 1.54) is 13.3 Å². The zero-order valence-corrected chi connectivity index (χ0v) is 8.60. The summed E-state index contributed by atoms with van der Waals surface area (Å²) in [5, 5.41) is 11.6. The number of aromatic nitrogens is 2. The van der Waals surface area contributed by atoms with Gasteiger partial charge in [-0.1, -0.05) is 6.92 Å². The summed E-state index contributed by atoms with van der Waals surface area (Å²) in [6, 6.07) is 1.15. The van der Waals surface area contributed by atoms with Gasteiger partial charge in [0.15, 0.2) is 0 Å². The van der Waals surface area contributed by atoms with Crippen LogP contribution in [0.5, 0.6) is 6.01 Å². The summed E-state index contributed by atoms with van der Waals surface area (Å²) in [6.07, 6.45) is 1.98. The predicted molar refractivity (Wildman–Crippen MR) is 53.9 cm³/mol. The molecule has 15 heavy (non-hydrogen) atoms. The second-order valence-corrected chi connectivity index (χ2v) is 2.87. The summed E-state index contributed by atoms with van der Waals surface area (Å²) in [7, 11) is 1.45. The van der Waals surface area contributed by atoms with E-state index < -0.39 is 12.0 Å². The van der Waals surface area contributed by atoms with Gasteiger partial charge in [-0.05, 0) is 12.5 Å². The maximum absolute atomic E-state index is 10.8. The van der Waals surface area contributed by atoms with Crippen LogP contribution in [0.1, 0.15) is 13.3 Å². The van der Waals surface area contributed by atoms with Crippen LogP contribution in [-0.2, 0) is 4.79 Å². The molecule has 2 N–H and O–H groups in total. The van der Waals surface area contributed by atoms with Gasteiger partial charge >= 0.3 is 12.0 Å². The SMILES string of the molecule is CCC(Nc1ccnc(OC)n1)C(=O)O. The molecule has 6 heteroatoms. The number of nitrogens with zero attached hydrogens (tertiary/aromatic N) is 2. The molecule has 0 fully saturated rings. The highest BCUT2D eigenvalue weighted by Gasteiger charge is 2.14. The molecular formula is C9H13N3O3. The van der Waals surface area contributed by atoms with Crippen molar-refractivity contribution >= 4 is 11.8 Å². The van der Waals surface area contributed by atoms with Gasteiger partial charge in [0.25, 0.3) is 0 Å². The summed E-state index contributed by atoms with van der Waals surface area (Å²) in [5.74, 6) is -0.467. The minimum atomic E-state index is -0.907. The minimum Gasteiger partial charge on any atom is -0.480 e. The standard InChI is InChI=1S/C9H13N3O3/c1-3-6(8(13)14)11-7-4-5-10-9(12-7)15-2/h4-6H,3H2,1-2H3,(H,13,14)(H,10,11,12). The van der Waals surface area contributed by atoms with Gasteiger partial charge in [-0.3, -0.25) is 0 Å². The van der Waals surface area contributed by atoms with E-state index in [4.69, 9.17) is 9.84 Å². The maximum Gasteiger partial charge on any atom is 0.326 e. The number of carboxylic acids is 1. The Morgan fingerprint density at radius 3 is 3.00 bits per heavy atom. The molecule has 82 valence electrons. The van der Waals surface area contributed by atoms with Gasteiger partial charge in [-0.15, -0.1) is 0 Å². The van der Waals surface area contributed by atoms with Crippen molar-refractivity contribution in [3.8, 4) is 6.01 Å². The second-order valence-electron chi connectivity index (χ2n) is 2.87. The number of carboxylic acid groups (broad SMARTS) is 1. The lowest BCUT2D eigenvalue weighted by Gasteiger charge is -2.12. The number of aliphatic carboxylic acids is 1. The van der Waals surface area contributed by atoms with Gasteiger partial charge in [0.1, 0.15) is 11.9 Å². The molecule has 0 radical (unpaired) electrons. The molecule has 1 atom stereocenters. The molecule has 0 bridgehead atoms. The van der Waals surface area contributed by atoms with Gasteiger partial charge in [0, 0.05) is 6.20 Å². The monoisotopic (exact) mass is 211 g/mol. The van der Waals surface area contributed by atoms with Gasteiger partial charge in [-0.25, -0.2) is 9.78 Å². The third kappa shape index (κ3) is 3.08. The Bertz CT molecular complexity index is 343. The Hall–Kier alpha value is -1.85. The summed E-state index contributed by atoms with van der Waals surface area (Å²) in [4.78, 5) is 18.5. The molecule has 1 aromatic heterocycles. The van der Waals surface area contributed by atoms with Crippen molar-refractivity contribution in [2.75, 3.05) is 12.4 Å². The van der Waals surface area contributed by atoms with Crippen LogP contribution in [0.4, 0.5) is 5.82 Å². The van der Waals surface area contributed by atoms with Crippen LogP contribution in [-0.4, -0.2) is 34.2 Å². The number of rotatable bonds is 5. The number of nitrogens with one attached hydrogen (secondary N) is 1. The second kappa shape index (κ2) is 5.14. The highest BCUT2D eigenvalue weighted by molar-refractivity contribution is 5.76. The Kier molecular flexibility index (Phi) is 3.84. The van der Waals surface area contributed by atoms with Crippen LogP contribution in [0.2, 0.25) is 0 Å². The fourth-order valence-electron chi connectivity index (χ4n) is 1.04. The zero-order chi connectivity index (χ0) is 11.3. The molecule has 1 aromatic rings.